The molecule has 0 aliphatic carbocycles. The van der Waals surface area contributed by atoms with Crippen LogP contribution in [0.1, 0.15) is 31.0 Å². The fourth-order valence-electron chi connectivity index (χ4n) is 4.86. The summed E-state index contributed by atoms with van der Waals surface area (Å²) in [6, 6.07) is 20.8. The second kappa shape index (κ2) is 9.50. The van der Waals surface area contributed by atoms with E-state index >= 15 is 0 Å². The number of hydrogen-bond donors (Lipinski definition) is 1. The van der Waals surface area contributed by atoms with Gasteiger partial charge in [-0.3, -0.25) is 14.5 Å². The van der Waals surface area contributed by atoms with Crippen molar-refractivity contribution >= 4 is 34.0 Å². The Bertz CT molecular complexity index is 1530. The lowest BCUT2D eigenvalue weighted by molar-refractivity contribution is -0.132. The normalized spacial score (nSPS) is 17.1. The maximum atomic E-state index is 13.5. The number of amides is 1. The van der Waals surface area contributed by atoms with Crippen molar-refractivity contribution in [3.8, 4) is 11.5 Å². The molecule has 1 aliphatic rings. The Morgan fingerprint density at radius 1 is 0.946 bits per heavy atom. The number of ether oxygens (including phenoxy) is 2. The van der Waals surface area contributed by atoms with Crippen molar-refractivity contribution in [3.63, 3.8) is 0 Å². The van der Waals surface area contributed by atoms with Gasteiger partial charge in [-0.1, -0.05) is 24.3 Å². The Morgan fingerprint density at radius 3 is 2.38 bits per heavy atom. The van der Waals surface area contributed by atoms with Crippen molar-refractivity contribution in [2.24, 2.45) is 7.05 Å². The standard InChI is InChI=1S/C30H28N2O5/c1-18(2)37-21-14-12-19(13-15-21)28(33)26-27(24-17-31(3)25-11-6-5-10-23(24)25)32(30(35)29(26)34)20-8-7-9-22(16-20)36-4/h5-18,27,33H,1-4H3/b28-26+. The van der Waals surface area contributed by atoms with Crippen LogP contribution in [0.25, 0.3) is 16.7 Å². The average Bonchev–Trinajstić information content (AvgIpc) is 3.37. The predicted octanol–water partition coefficient (Wildman–Crippen LogP) is 5.60. The fourth-order valence-corrected chi connectivity index (χ4v) is 4.86. The van der Waals surface area contributed by atoms with Crippen LogP contribution in [0.4, 0.5) is 5.69 Å². The zero-order valence-corrected chi connectivity index (χ0v) is 21.1. The van der Waals surface area contributed by atoms with Gasteiger partial charge in [-0.2, -0.15) is 0 Å². The van der Waals surface area contributed by atoms with Crippen molar-refractivity contribution in [1.29, 1.82) is 0 Å². The number of rotatable bonds is 6. The number of ketones is 1. The van der Waals surface area contributed by atoms with Gasteiger partial charge in [0.25, 0.3) is 11.7 Å². The quantitative estimate of drug-likeness (QED) is 0.214. The van der Waals surface area contributed by atoms with E-state index < -0.39 is 17.7 Å². The largest absolute Gasteiger partial charge is 0.507 e. The van der Waals surface area contributed by atoms with Gasteiger partial charge < -0.3 is 19.1 Å². The molecule has 1 amide bonds. The van der Waals surface area contributed by atoms with Gasteiger partial charge in [-0.05, 0) is 56.3 Å². The number of para-hydroxylation sites is 1. The highest BCUT2D eigenvalue weighted by Crippen LogP contribution is 2.45. The molecule has 2 heterocycles. The Balaban J connectivity index is 1.73. The molecule has 0 bridgehead atoms. The molecule has 4 aromatic rings. The topological polar surface area (TPSA) is 81.0 Å². The Kier molecular flexibility index (Phi) is 6.21. The van der Waals surface area contributed by atoms with Crippen LogP contribution in [0.2, 0.25) is 0 Å². The summed E-state index contributed by atoms with van der Waals surface area (Å²) in [5, 5.41) is 12.4. The molecular formula is C30H28N2O5. The number of carbonyl (C=O) groups excluding carboxylic acids is 2. The Hall–Kier alpha value is -4.52. The van der Waals surface area contributed by atoms with Gasteiger partial charge in [-0.25, -0.2) is 0 Å². The molecule has 1 aliphatic heterocycles. The fraction of sp³-hybridized carbons (Fsp3) is 0.200. The van der Waals surface area contributed by atoms with Gasteiger partial charge in [-0.15, -0.1) is 0 Å². The summed E-state index contributed by atoms with van der Waals surface area (Å²) in [5.74, 6) is -0.503. The first-order valence-electron chi connectivity index (χ1n) is 12.1. The van der Waals surface area contributed by atoms with E-state index in [0.717, 1.165) is 16.5 Å². The number of hydrogen-bond acceptors (Lipinski definition) is 5. The highest BCUT2D eigenvalue weighted by atomic mass is 16.5. The Labute approximate surface area is 215 Å². The molecule has 7 nitrogen and oxygen atoms in total. The highest BCUT2D eigenvalue weighted by Gasteiger charge is 2.48. The number of fused-ring (bicyclic) bond motifs is 1. The van der Waals surface area contributed by atoms with Crippen LogP contribution in [0.5, 0.6) is 11.5 Å². The van der Waals surface area contributed by atoms with E-state index in [1.807, 2.05) is 55.9 Å². The number of anilines is 1. The Morgan fingerprint density at radius 2 is 1.68 bits per heavy atom. The molecule has 7 heteroatoms. The summed E-state index contributed by atoms with van der Waals surface area (Å²) in [6.45, 7) is 3.86. The number of methoxy groups -OCH3 is 1. The first-order chi connectivity index (χ1) is 17.8. The predicted molar refractivity (Wildman–Crippen MR) is 143 cm³/mol. The molecule has 37 heavy (non-hydrogen) atoms. The first kappa shape index (κ1) is 24.2. The number of Topliss-reactive ketones (excluding diaryl/α,β-unsaturated/α-hetero) is 1. The maximum absolute atomic E-state index is 13.5. The minimum Gasteiger partial charge on any atom is -0.507 e. The van der Waals surface area contributed by atoms with Crippen LogP contribution in [0.3, 0.4) is 0 Å². The number of nitrogens with zero attached hydrogens (tertiary/aromatic N) is 2. The van der Waals surface area contributed by atoms with Gasteiger partial charge in [0.05, 0.1) is 24.8 Å². The van der Waals surface area contributed by atoms with E-state index in [-0.39, 0.29) is 17.4 Å². The summed E-state index contributed by atoms with van der Waals surface area (Å²) < 4.78 is 13.0. The SMILES string of the molecule is COc1cccc(N2C(=O)C(=O)/C(=C(/O)c3ccc(OC(C)C)cc3)C2c2cn(C)c3ccccc23)c1. The molecule has 1 saturated heterocycles. The molecule has 0 radical (unpaired) electrons. The molecule has 1 fully saturated rings. The molecule has 1 N–H and O–H groups in total. The van der Waals surface area contributed by atoms with E-state index in [9.17, 15) is 14.7 Å². The van der Waals surface area contributed by atoms with E-state index in [4.69, 9.17) is 9.47 Å². The average molecular weight is 497 g/mol. The van der Waals surface area contributed by atoms with E-state index in [0.29, 0.717) is 22.7 Å². The van der Waals surface area contributed by atoms with E-state index in [1.54, 1.807) is 55.6 Å². The molecule has 0 spiro atoms. The number of carbonyl (C=O) groups is 2. The first-order valence-corrected chi connectivity index (χ1v) is 12.1. The van der Waals surface area contributed by atoms with E-state index in [2.05, 4.69) is 0 Å². The lowest BCUT2D eigenvalue weighted by atomic mass is 9.94. The van der Waals surface area contributed by atoms with Crippen LogP contribution in [0, 0.1) is 0 Å². The zero-order valence-electron chi connectivity index (χ0n) is 21.1. The zero-order chi connectivity index (χ0) is 26.3. The minimum atomic E-state index is -0.843. The van der Waals surface area contributed by atoms with Crippen molar-refractivity contribution in [1.82, 2.24) is 4.57 Å². The second-order valence-electron chi connectivity index (χ2n) is 9.27. The molecule has 5 rings (SSSR count). The van der Waals surface area contributed by atoms with Crippen molar-refractivity contribution in [2.75, 3.05) is 12.0 Å². The van der Waals surface area contributed by atoms with Gasteiger partial charge in [0.1, 0.15) is 17.3 Å². The van der Waals surface area contributed by atoms with Gasteiger partial charge in [0.2, 0.25) is 0 Å². The van der Waals surface area contributed by atoms with Crippen molar-refractivity contribution in [2.45, 2.75) is 26.0 Å². The van der Waals surface area contributed by atoms with Gasteiger partial charge in [0, 0.05) is 47.0 Å². The maximum Gasteiger partial charge on any atom is 0.300 e. The third kappa shape index (κ3) is 4.22. The van der Waals surface area contributed by atoms with Crippen molar-refractivity contribution < 1.29 is 24.2 Å². The summed E-state index contributed by atoms with van der Waals surface area (Å²) in [5.41, 5.74) is 2.64. The second-order valence-corrected chi connectivity index (χ2v) is 9.27. The summed E-state index contributed by atoms with van der Waals surface area (Å²) >= 11 is 0. The monoisotopic (exact) mass is 496 g/mol. The molecule has 3 aromatic carbocycles. The smallest absolute Gasteiger partial charge is 0.300 e. The summed E-state index contributed by atoms with van der Waals surface area (Å²) in [4.78, 5) is 28.5. The van der Waals surface area contributed by atoms with Crippen LogP contribution >= 0.6 is 0 Å². The number of aryl methyl sites for hydroxylation is 1. The van der Waals surface area contributed by atoms with E-state index in [1.165, 1.54) is 4.90 Å². The third-order valence-corrected chi connectivity index (χ3v) is 6.50. The van der Waals surface area contributed by atoms with Crippen LogP contribution < -0.4 is 14.4 Å². The molecule has 1 atom stereocenters. The number of aliphatic hydroxyl groups is 1. The number of aliphatic hydroxyl groups excluding tert-OH is 1. The highest BCUT2D eigenvalue weighted by molar-refractivity contribution is 6.52. The lowest BCUT2D eigenvalue weighted by Crippen LogP contribution is -2.29. The van der Waals surface area contributed by atoms with Crippen LogP contribution in [-0.2, 0) is 16.6 Å². The molecule has 1 aromatic heterocycles. The minimum absolute atomic E-state index is 0.000929. The molecule has 188 valence electrons. The molecule has 1 unspecified atom stereocenters. The summed E-state index contributed by atoms with van der Waals surface area (Å²) in [7, 11) is 3.46. The molecule has 0 saturated carbocycles. The lowest BCUT2D eigenvalue weighted by Gasteiger charge is -2.25. The number of aromatic nitrogens is 1. The van der Waals surface area contributed by atoms with Crippen LogP contribution in [-0.4, -0.2) is 34.6 Å². The third-order valence-electron chi connectivity index (χ3n) is 6.50. The van der Waals surface area contributed by atoms with Gasteiger partial charge >= 0.3 is 0 Å². The van der Waals surface area contributed by atoms with Crippen LogP contribution in [0.15, 0.2) is 84.6 Å². The van der Waals surface area contributed by atoms with Crippen molar-refractivity contribution in [3.05, 3.63) is 95.7 Å². The van der Waals surface area contributed by atoms with Gasteiger partial charge in [0.15, 0.2) is 0 Å². The molecular weight excluding hydrogens is 468 g/mol. The summed E-state index contributed by atoms with van der Waals surface area (Å²) in [6.07, 6.45) is 1.90. The number of benzene rings is 3.